The molecule has 208 valence electrons. The maximum atomic E-state index is 11.0. The van der Waals surface area contributed by atoms with Gasteiger partial charge in [-0.15, -0.1) is 33.1 Å². The minimum atomic E-state index is -1.22. The van der Waals surface area contributed by atoms with Crippen LogP contribution in [0.5, 0.6) is 0 Å². The predicted octanol–water partition coefficient (Wildman–Crippen LogP) is 5.44. The lowest BCUT2D eigenvalue weighted by Crippen LogP contribution is -2.10. The molecule has 0 aliphatic carbocycles. The van der Waals surface area contributed by atoms with E-state index in [0.717, 1.165) is 15.9 Å². The van der Waals surface area contributed by atoms with Gasteiger partial charge >= 0.3 is 0 Å². The number of thiophene rings is 1. The Balaban J connectivity index is 1.14. The maximum Gasteiger partial charge on any atom is 0.257 e. The molecule has 0 spiro atoms. The van der Waals surface area contributed by atoms with E-state index in [0.29, 0.717) is 45.5 Å². The largest absolute Gasteiger partial charge is 0.385 e. The third kappa shape index (κ3) is 5.80. The van der Waals surface area contributed by atoms with Crippen LogP contribution >= 0.6 is 34.7 Å². The summed E-state index contributed by atoms with van der Waals surface area (Å²) in [6, 6.07) is 17.9. The number of nitrogens with zero attached hydrogens (tertiary/aromatic N) is 7. The van der Waals surface area contributed by atoms with Crippen LogP contribution in [0, 0.1) is 0 Å². The average Bonchev–Trinajstić information content (AvgIpc) is 3.83. The number of benzene rings is 2. The number of rotatable bonds is 10. The molecule has 0 bridgehead atoms. The summed E-state index contributed by atoms with van der Waals surface area (Å²) in [4.78, 5) is 9.76. The maximum absolute atomic E-state index is 11.0. The van der Waals surface area contributed by atoms with Gasteiger partial charge in [0.05, 0.1) is 16.5 Å². The summed E-state index contributed by atoms with van der Waals surface area (Å²) in [7, 11) is 1.92. The lowest BCUT2D eigenvalue weighted by Gasteiger charge is -2.19. The lowest BCUT2D eigenvalue weighted by molar-refractivity contribution is 0.0173. The van der Waals surface area contributed by atoms with Crippen LogP contribution in [-0.2, 0) is 18.7 Å². The highest BCUT2D eigenvalue weighted by Gasteiger charge is 2.23. The zero-order valence-corrected chi connectivity index (χ0v) is 23.8. The van der Waals surface area contributed by atoms with Gasteiger partial charge in [0, 0.05) is 18.2 Å². The van der Waals surface area contributed by atoms with Gasteiger partial charge in [-0.2, -0.15) is 9.97 Å². The van der Waals surface area contributed by atoms with Gasteiger partial charge in [0.2, 0.25) is 0 Å². The summed E-state index contributed by atoms with van der Waals surface area (Å²) < 4.78 is 12.7. The van der Waals surface area contributed by atoms with Crippen molar-refractivity contribution < 1.29 is 19.3 Å². The Bertz CT molecular complexity index is 1770. The van der Waals surface area contributed by atoms with Crippen molar-refractivity contribution in [1.82, 2.24) is 35.0 Å². The van der Waals surface area contributed by atoms with E-state index in [2.05, 4.69) is 30.5 Å². The monoisotopic (exact) mass is 607 g/mol. The molecule has 0 fully saturated rings. The number of hydrogen-bond donors (Lipinski definition) is 2. The van der Waals surface area contributed by atoms with Crippen LogP contribution in [0.2, 0.25) is 0 Å². The fourth-order valence-electron chi connectivity index (χ4n) is 4.12. The topological polar surface area (TPSA) is 149 Å². The van der Waals surface area contributed by atoms with E-state index in [9.17, 15) is 10.2 Å². The summed E-state index contributed by atoms with van der Waals surface area (Å²) >= 11 is 8.82. The van der Waals surface area contributed by atoms with Gasteiger partial charge in [0.25, 0.3) is 11.8 Å². The molecule has 2 aromatic carbocycles. The molecule has 0 aliphatic heterocycles. The minimum absolute atomic E-state index is 0.125. The number of alkyl halides is 1. The summed E-state index contributed by atoms with van der Waals surface area (Å²) in [5, 5.41) is 41.2. The first kappa shape index (κ1) is 27.3. The molecule has 2 unspecified atom stereocenters. The molecule has 4 aromatic heterocycles. The van der Waals surface area contributed by atoms with Gasteiger partial charge in [-0.25, -0.2) is 0 Å². The van der Waals surface area contributed by atoms with Gasteiger partial charge in [0.15, 0.2) is 22.6 Å². The second-order valence-electron chi connectivity index (χ2n) is 8.94. The van der Waals surface area contributed by atoms with Crippen molar-refractivity contribution in [3.63, 3.8) is 0 Å². The Morgan fingerprint density at radius 1 is 0.878 bits per heavy atom. The molecule has 0 amide bonds. The standard InChI is InChI=1S/C27H22ClN7O4S2/c1-35-24(19-9-4-10-40-19)31-32-27(35)41-14-21-30-26(39-34-21)18-8-3-6-16(12-18)23(37)22(36)15-5-2-7-17(11-15)25-29-20(13-28)33-38-25/h2-12,22-23,36-37H,13-14H2,1H3. The SMILES string of the molecule is Cn1c(SCc2noc(-c3cccc(C(O)C(O)c4cccc(-c5nc(CCl)no5)c4)c3)n2)nnc1-c1cccs1. The van der Waals surface area contributed by atoms with Crippen molar-refractivity contribution in [1.29, 1.82) is 0 Å². The van der Waals surface area contributed by atoms with E-state index in [1.165, 1.54) is 11.8 Å². The van der Waals surface area contributed by atoms with Crippen molar-refractivity contribution in [3.05, 3.63) is 88.8 Å². The van der Waals surface area contributed by atoms with Crippen LogP contribution in [0.1, 0.15) is 35.0 Å². The predicted molar refractivity (Wildman–Crippen MR) is 153 cm³/mol. The van der Waals surface area contributed by atoms with Crippen LogP contribution in [-0.4, -0.2) is 45.3 Å². The van der Waals surface area contributed by atoms with Crippen molar-refractivity contribution in [3.8, 4) is 33.6 Å². The molecule has 0 saturated heterocycles. The van der Waals surface area contributed by atoms with Crippen LogP contribution in [0.4, 0.5) is 0 Å². The molecule has 2 N–H and O–H groups in total. The molecular formula is C27H22ClN7O4S2. The first-order valence-corrected chi connectivity index (χ1v) is 14.7. The zero-order valence-electron chi connectivity index (χ0n) is 21.5. The zero-order chi connectivity index (χ0) is 28.3. The highest BCUT2D eigenvalue weighted by molar-refractivity contribution is 7.98. The van der Waals surface area contributed by atoms with E-state index in [1.54, 1.807) is 59.9 Å². The molecule has 6 aromatic rings. The molecule has 2 atom stereocenters. The van der Waals surface area contributed by atoms with E-state index in [-0.39, 0.29) is 11.8 Å². The van der Waals surface area contributed by atoms with E-state index in [4.69, 9.17) is 20.6 Å². The normalized spacial score (nSPS) is 13.0. The van der Waals surface area contributed by atoms with Gasteiger partial charge in [-0.1, -0.05) is 52.4 Å². The van der Waals surface area contributed by atoms with Gasteiger partial charge in [-0.05, 0) is 46.8 Å². The molecule has 11 nitrogen and oxygen atoms in total. The number of aliphatic hydroxyl groups excluding tert-OH is 2. The molecule has 0 saturated carbocycles. The molecular weight excluding hydrogens is 586 g/mol. The Hall–Kier alpha value is -3.88. The van der Waals surface area contributed by atoms with Crippen molar-refractivity contribution in [2.24, 2.45) is 7.05 Å². The minimum Gasteiger partial charge on any atom is -0.385 e. The number of aliphatic hydroxyl groups is 2. The van der Waals surface area contributed by atoms with Gasteiger partial charge in [-0.3, -0.25) is 0 Å². The first-order valence-electron chi connectivity index (χ1n) is 12.3. The molecule has 41 heavy (non-hydrogen) atoms. The summed E-state index contributed by atoms with van der Waals surface area (Å²) in [5.74, 6) is 2.80. The fraction of sp³-hybridized carbons (Fsp3) is 0.185. The average molecular weight is 608 g/mol. The Kier molecular flexibility index (Phi) is 7.94. The second kappa shape index (κ2) is 11.9. The molecule has 6 rings (SSSR count). The molecule has 0 aliphatic rings. The highest BCUT2D eigenvalue weighted by Crippen LogP contribution is 2.33. The third-order valence-corrected chi connectivity index (χ3v) is 8.33. The summed E-state index contributed by atoms with van der Waals surface area (Å²) in [6.45, 7) is 0. The van der Waals surface area contributed by atoms with Crippen LogP contribution in [0.15, 0.2) is 80.2 Å². The van der Waals surface area contributed by atoms with Gasteiger partial charge in [0.1, 0.15) is 12.2 Å². The van der Waals surface area contributed by atoms with Crippen molar-refractivity contribution >= 4 is 34.7 Å². The van der Waals surface area contributed by atoms with E-state index in [1.807, 2.05) is 29.1 Å². The third-order valence-electron chi connectivity index (χ3n) is 6.21. The summed E-state index contributed by atoms with van der Waals surface area (Å²) in [6.07, 6.45) is -2.45. The van der Waals surface area contributed by atoms with Crippen LogP contribution < -0.4 is 0 Å². The van der Waals surface area contributed by atoms with Gasteiger partial charge < -0.3 is 23.8 Å². The Labute approximate surface area is 246 Å². The smallest absolute Gasteiger partial charge is 0.257 e. The number of hydrogen-bond acceptors (Lipinski definition) is 12. The molecule has 14 heteroatoms. The first-order chi connectivity index (χ1) is 20.0. The van der Waals surface area contributed by atoms with Crippen LogP contribution in [0.25, 0.3) is 33.6 Å². The van der Waals surface area contributed by atoms with Crippen molar-refractivity contribution in [2.75, 3.05) is 0 Å². The number of thioether (sulfide) groups is 1. The molecule has 4 heterocycles. The van der Waals surface area contributed by atoms with Crippen molar-refractivity contribution in [2.45, 2.75) is 29.0 Å². The second-order valence-corrected chi connectivity index (χ2v) is 11.1. The quantitative estimate of drug-likeness (QED) is 0.151. The number of halogens is 1. The summed E-state index contributed by atoms with van der Waals surface area (Å²) in [5.41, 5.74) is 2.18. The Morgan fingerprint density at radius 2 is 1.51 bits per heavy atom. The fourth-order valence-corrected chi connectivity index (χ4v) is 5.73. The number of aromatic nitrogens is 7. The van der Waals surface area contributed by atoms with E-state index >= 15 is 0 Å². The molecule has 0 radical (unpaired) electrons. The van der Waals surface area contributed by atoms with E-state index < -0.39 is 12.2 Å². The van der Waals surface area contributed by atoms with Crippen LogP contribution in [0.3, 0.4) is 0 Å². The lowest BCUT2D eigenvalue weighted by atomic mass is 9.96. The Morgan fingerprint density at radius 3 is 2.10 bits per heavy atom. The highest BCUT2D eigenvalue weighted by atomic mass is 35.5.